The second-order valence-corrected chi connectivity index (χ2v) is 6.95. The molecule has 31 heavy (non-hydrogen) atoms. The van der Waals surface area contributed by atoms with Crippen LogP contribution in [0.3, 0.4) is 0 Å². The van der Waals surface area contributed by atoms with Gasteiger partial charge in [0.15, 0.2) is 5.78 Å². The molecule has 1 aliphatic heterocycles. The summed E-state index contributed by atoms with van der Waals surface area (Å²) >= 11 is 2.96. The number of Topliss-reactive ketones (excluding diaryl/α,β-unsaturated/α-hetero) is 1. The van der Waals surface area contributed by atoms with E-state index in [9.17, 15) is 18.4 Å². The molecular weight excluding hydrogens is 478 g/mol. The monoisotopic (exact) mass is 496 g/mol. The fraction of sp³-hybridized carbons (Fsp3) is 0.167. The zero-order valence-electron chi connectivity index (χ0n) is 16.5. The van der Waals surface area contributed by atoms with Crippen molar-refractivity contribution in [2.45, 2.75) is 0 Å². The van der Waals surface area contributed by atoms with E-state index in [4.69, 9.17) is 11.5 Å². The number of anilines is 1. The summed E-state index contributed by atoms with van der Waals surface area (Å²) in [6, 6.07) is 3.04. The molecule has 0 amide bonds. The molecule has 10 nitrogen and oxygen atoms in total. The van der Waals surface area contributed by atoms with E-state index in [0.717, 1.165) is 4.57 Å². The third kappa shape index (κ3) is 6.44. The van der Waals surface area contributed by atoms with Crippen molar-refractivity contribution in [2.24, 2.45) is 24.8 Å². The Morgan fingerprint density at radius 3 is 2.13 bits per heavy atom. The van der Waals surface area contributed by atoms with E-state index < -0.39 is 17.5 Å². The van der Waals surface area contributed by atoms with Gasteiger partial charge in [0, 0.05) is 32.7 Å². The highest BCUT2D eigenvalue weighted by Gasteiger charge is 2.11. The fourth-order valence-corrected chi connectivity index (χ4v) is 2.57. The van der Waals surface area contributed by atoms with Crippen molar-refractivity contribution in [2.75, 3.05) is 12.3 Å². The van der Waals surface area contributed by atoms with Crippen molar-refractivity contribution in [1.82, 2.24) is 24.1 Å². The van der Waals surface area contributed by atoms with E-state index in [0.29, 0.717) is 10.2 Å². The topological polar surface area (TPSA) is 139 Å². The first-order valence-corrected chi connectivity index (χ1v) is 9.39. The number of nitrogens with two attached hydrogens (primary N) is 2. The molecule has 0 saturated carbocycles. The lowest BCUT2D eigenvalue weighted by Gasteiger charge is -2.02. The zero-order valence-corrected chi connectivity index (χ0v) is 18.1. The van der Waals surface area contributed by atoms with Gasteiger partial charge in [0.25, 0.3) is 11.5 Å². The highest BCUT2D eigenvalue weighted by atomic mass is 79.9. The molecule has 4 rings (SSSR count). The maximum atomic E-state index is 13.3. The quantitative estimate of drug-likeness (QED) is 0.516. The van der Waals surface area contributed by atoms with Crippen LogP contribution in [0.2, 0.25) is 0 Å². The van der Waals surface area contributed by atoms with Crippen molar-refractivity contribution < 1.29 is 13.6 Å². The summed E-state index contributed by atoms with van der Waals surface area (Å²) in [4.78, 5) is 25.7. The predicted octanol–water partition coefficient (Wildman–Crippen LogP) is 1.10. The summed E-state index contributed by atoms with van der Waals surface area (Å²) in [5.74, 6) is -1.26. The van der Waals surface area contributed by atoms with Crippen LogP contribution in [-0.2, 0) is 18.9 Å². The van der Waals surface area contributed by atoms with E-state index in [1.165, 1.54) is 40.1 Å². The third-order valence-corrected chi connectivity index (χ3v) is 4.19. The highest BCUT2D eigenvalue weighted by molar-refractivity contribution is 9.10. The molecule has 0 spiro atoms. The average molecular weight is 497 g/mol. The van der Waals surface area contributed by atoms with E-state index in [1.54, 1.807) is 26.4 Å². The summed E-state index contributed by atoms with van der Waals surface area (Å²) in [5, 5.41) is 6.92. The molecule has 3 aromatic rings. The van der Waals surface area contributed by atoms with Gasteiger partial charge in [-0.1, -0.05) is 0 Å². The predicted molar refractivity (Wildman–Crippen MR) is 115 cm³/mol. The average Bonchev–Trinajstić information content (AvgIpc) is 3.20. The van der Waals surface area contributed by atoms with Crippen LogP contribution in [-0.4, -0.2) is 42.7 Å². The number of aryl methyl sites for hydroxylation is 2. The summed E-state index contributed by atoms with van der Waals surface area (Å²) in [7, 11) is 3.23. The normalized spacial score (nSPS) is 12.4. The molecule has 4 N–H and O–H groups in total. The largest absolute Gasteiger partial charge is 0.396 e. The third-order valence-electron chi connectivity index (χ3n) is 3.66. The Kier molecular flexibility index (Phi) is 7.96. The van der Waals surface area contributed by atoms with Gasteiger partial charge < -0.3 is 11.5 Å². The minimum absolute atomic E-state index is 0.0701. The van der Waals surface area contributed by atoms with Crippen LogP contribution in [0.4, 0.5) is 14.5 Å². The smallest absolute Gasteiger partial charge is 0.278 e. The minimum atomic E-state index is -0.704. The van der Waals surface area contributed by atoms with Crippen LogP contribution in [0.5, 0.6) is 0 Å². The Hall–Kier alpha value is -3.61. The SMILES string of the molecule is Cn1cc(-n2cccc(N)c2=O)c(F)n1.Cn1cc(Br)c(F)n1.NC1=CC=NCC1=O. The molecule has 13 heteroatoms. The number of aromatic nitrogens is 5. The van der Waals surface area contributed by atoms with E-state index >= 15 is 0 Å². The van der Waals surface area contributed by atoms with E-state index in [-0.39, 0.29) is 23.7 Å². The molecule has 164 valence electrons. The van der Waals surface area contributed by atoms with Crippen molar-refractivity contribution in [3.63, 3.8) is 0 Å². The van der Waals surface area contributed by atoms with Gasteiger partial charge in [-0.2, -0.15) is 8.78 Å². The summed E-state index contributed by atoms with van der Waals surface area (Å²) in [6.07, 6.45) is 7.45. The Morgan fingerprint density at radius 1 is 1.06 bits per heavy atom. The first-order valence-electron chi connectivity index (χ1n) is 8.60. The number of nitrogens with zero attached hydrogens (tertiary/aromatic N) is 6. The lowest BCUT2D eigenvalue weighted by molar-refractivity contribution is -0.114. The summed E-state index contributed by atoms with van der Waals surface area (Å²) in [6.45, 7) is 0.211. The maximum Gasteiger partial charge on any atom is 0.278 e. The molecule has 0 aliphatic carbocycles. The maximum absolute atomic E-state index is 13.3. The van der Waals surface area contributed by atoms with Crippen LogP contribution in [0, 0.1) is 11.9 Å². The standard InChI is InChI=1S/C9H9FN4O.C5H6N2O.C4H4BrFN2/c1-13-5-7(8(10)12-13)14-4-2-3-6(11)9(14)15;6-4-1-2-7-3-5(4)8;1-8-2-3(5)4(6)7-8/h2-5H,11H2,1H3;1-2H,3,6H2;2H,1H3. The van der Waals surface area contributed by atoms with Crippen LogP contribution < -0.4 is 17.0 Å². The minimum Gasteiger partial charge on any atom is -0.396 e. The van der Waals surface area contributed by atoms with Crippen molar-refractivity contribution >= 4 is 33.6 Å². The number of allylic oxidation sites excluding steroid dienone is 1. The van der Waals surface area contributed by atoms with Crippen LogP contribution in [0.15, 0.2) is 56.8 Å². The summed E-state index contributed by atoms with van der Waals surface area (Å²) < 4.78 is 29.7. The first kappa shape index (κ1) is 23.7. The first-order chi connectivity index (χ1) is 14.6. The zero-order chi connectivity index (χ0) is 23.1. The van der Waals surface area contributed by atoms with Crippen LogP contribution in [0.1, 0.15) is 0 Å². The molecule has 4 heterocycles. The van der Waals surface area contributed by atoms with Gasteiger partial charge in [0.1, 0.15) is 12.2 Å². The van der Waals surface area contributed by atoms with Gasteiger partial charge >= 0.3 is 0 Å². The highest BCUT2D eigenvalue weighted by Crippen LogP contribution is 2.11. The van der Waals surface area contributed by atoms with Crippen LogP contribution in [0.25, 0.3) is 5.69 Å². The number of halogens is 3. The fourth-order valence-electron chi connectivity index (χ4n) is 2.20. The molecule has 0 saturated heterocycles. The van der Waals surface area contributed by atoms with Crippen molar-refractivity contribution in [1.29, 1.82) is 0 Å². The number of rotatable bonds is 1. The van der Waals surface area contributed by atoms with Gasteiger partial charge in [-0.25, -0.2) is 0 Å². The van der Waals surface area contributed by atoms with Crippen molar-refractivity contribution in [3.8, 4) is 5.69 Å². The number of pyridine rings is 1. The van der Waals surface area contributed by atoms with Crippen molar-refractivity contribution in [3.05, 3.63) is 69.2 Å². The molecule has 3 aromatic heterocycles. The number of carbonyl (C=O) groups is 1. The number of carbonyl (C=O) groups excluding carboxylic acids is 1. The number of ketones is 1. The van der Waals surface area contributed by atoms with Gasteiger partial charge in [0.05, 0.1) is 22.1 Å². The molecule has 1 aliphatic rings. The lowest BCUT2D eigenvalue weighted by Crippen LogP contribution is -2.20. The molecule has 0 fully saturated rings. The molecule has 0 atom stereocenters. The number of hydrogen-bond acceptors (Lipinski definition) is 7. The van der Waals surface area contributed by atoms with Gasteiger partial charge in [-0.15, -0.1) is 10.2 Å². The van der Waals surface area contributed by atoms with E-state index in [2.05, 4.69) is 31.1 Å². The molecule has 0 radical (unpaired) electrons. The van der Waals surface area contributed by atoms with Gasteiger partial charge in [0.2, 0.25) is 5.95 Å². The molecule has 0 unspecified atom stereocenters. The molecule has 0 bridgehead atoms. The Bertz CT molecular complexity index is 1180. The van der Waals surface area contributed by atoms with E-state index in [1.807, 2.05) is 0 Å². The second-order valence-electron chi connectivity index (χ2n) is 6.09. The number of dihydropyridines is 1. The molecule has 0 aromatic carbocycles. The Balaban J connectivity index is 0.000000181. The number of nitrogen functional groups attached to an aromatic ring is 1. The second kappa shape index (κ2) is 10.4. The van der Waals surface area contributed by atoms with Crippen LogP contribution >= 0.6 is 15.9 Å². The number of hydrogen-bond donors (Lipinski definition) is 2. The summed E-state index contributed by atoms with van der Waals surface area (Å²) in [5.41, 5.74) is 10.6. The lowest BCUT2D eigenvalue weighted by atomic mass is 10.2. The number of aliphatic imine (C=N–C) groups is 1. The van der Waals surface area contributed by atoms with Gasteiger partial charge in [-0.05, 0) is 34.1 Å². The Morgan fingerprint density at radius 2 is 1.71 bits per heavy atom. The Labute approximate surface area is 183 Å². The van der Waals surface area contributed by atoms with Gasteiger partial charge in [-0.3, -0.25) is 28.5 Å². The molecular formula is C18H19BrF2N8O2.